The molecule has 9 nitrogen and oxygen atoms in total. The van der Waals surface area contributed by atoms with Gasteiger partial charge in [0.2, 0.25) is 11.8 Å². The number of likely N-dealkylation sites (N-methyl/N-ethyl adjacent to an activating group) is 1. The monoisotopic (exact) mass is 508 g/mol. The number of ether oxygens (including phenoxy) is 1. The molecule has 0 aromatic carbocycles. The minimum atomic E-state index is -0.622. The summed E-state index contributed by atoms with van der Waals surface area (Å²) in [4.78, 5) is 45.3. The van der Waals surface area contributed by atoms with Crippen LogP contribution in [0.2, 0.25) is 0 Å². The summed E-state index contributed by atoms with van der Waals surface area (Å²) in [7, 11) is 1.79. The normalized spacial score (nSPS) is 29.3. The van der Waals surface area contributed by atoms with Crippen molar-refractivity contribution in [1.29, 1.82) is 0 Å². The highest BCUT2D eigenvalue weighted by Crippen LogP contribution is 2.52. The molecule has 1 N–H and O–H groups in total. The van der Waals surface area contributed by atoms with E-state index in [9.17, 15) is 9.59 Å². The molecule has 0 saturated carbocycles. The fraction of sp³-hybridized carbons (Fsp3) is 0.577. The highest BCUT2D eigenvalue weighted by Gasteiger charge is 2.66. The van der Waals surface area contributed by atoms with Gasteiger partial charge in [-0.3, -0.25) is 9.59 Å². The Morgan fingerprint density at radius 1 is 1.31 bits per heavy atom. The van der Waals surface area contributed by atoms with Crippen LogP contribution in [0.4, 0.5) is 10.9 Å². The Bertz CT molecular complexity index is 1220. The average molecular weight is 509 g/mol. The van der Waals surface area contributed by atoms with E-state index in [2.05, 4.69) is 17.2 Å². The van der Waals surface area contributed by atoms with Gasteiger partial charge < -0.3 is 19.9 Å². The molecule has 3 saturated heterocycles. The number of aromatic nitrogens is 3. The van der Waals surface area contributed by atoms with Crippen molar-refractivity contribution in [3.63, 3.8) is 0 Å². The highest BCUT2D eigenvalue weighted by atomic mass is 32.1. The molecule has 2 amide bonds. The first-order valence-corrected chi connectivity index (χ1v) is 13.7. The van der Waals surface area contributed by atoms with E-state index in [1.54, 1.807) is 23.3 Å². The maximum absolute atomic E-state index is 13.6. The predicted octanol–water partition coefficient (Wildman–Crippen LogP) is 3.06. The van der Waals surface area contributed by atoms with Gasteiger partial charge in [-0.2, -0.15) is 0 Å². The van der Waals surface area contributed by atoms with E-state index in [1.165, 1.54) is 4.88 Å². The van der Waals surface area contributed by atoms with Gasteiger partial charge in [0.05, 0.1) is 24.5 Å². The molecule has 2 aromatic rings. The summed E-state index contributed by atoms with van der Waals surface area (Å²) in [5, 5.41) is 4.19. The Morgan fingerprint density at radius 3 is 2.89 bits per heavy atom. The van der Waals surface area contributed by atoms with Gasteiger partial charge >= 0.3 is 0 Å². The van der Waals surface area contributed by atoms with Gasteiger partial charge in [-0.25, -0.2) is 15.0 Å². The molecule has 10 heteroatoms. The summed E-state index contributed by atoms with van der Waals surface area (Å²) in [5.41, 5.74) is 0.286. The maximum Gasteiger partial charge on any atom is 0.229 e. The van der Waals surface area contributed by atoms with Crippen LogP contribution >= 0.6 is 11.3 Å². The summed E-state index contributed by atoms with van der Waals surface area (Å²) in [6.07, 6.45) is 9.32. The highest BCUT2D eigenvalue weighted by molar-refractivity contribution is 7.15. The molecule has 1 spiro atoms. The lowest BCUT2D eigenvalue weighted by Crippen LogP contribution is -2.48. The quantitative estimate of drug-likeness (QED) is 0.599. The molecule has 2 aromatic heterocycles. The predicted molar refractivity (Wildman–Crippen MR) is 136 cm³/mol. The average Bonchev–Trinajstić information content (AvgIpc) is 3.61. The van der Waals surface area contributed by atoms with Gasteiger partial charge in [0.15, 0.2) is 5.13 Å². The number of likely N-dealkylation sites (tertiary alicyclic amines) is 2. The molecule has 190 valence electrons. The molecule has 0 radical (unpaired) electrons. The Morgan fingerprint density at radius 2 is 2.11 bits per heavy atom. The van der Waals surface area contributed by atoms with Gasteiger partial charge in [-0.05, 0) is 26.2 Å². The van der Waals surface area contributed by atoms with E-state index in [1.807, 2.05) is 36.2 Å². The van der Waals surface area contributed by atoms with E-state index < -0.39 is 17.4 Å². The van der Waals surface area contributed by atoms with Crippen LogP contribution in [-0.2, 0) is 20.7 Å². The Labute approximate surface area is 215 Å². The molecule has 4 aliphatic rings. The third-order valence-electron chi connectivity index (χ3n) is 7.90. The van der Waals surface area contributed by atoms with Gasteiger partial charge in [-0.1, -0.05) is 25.5 Å². The number of nitrogens with one attached hydrogen (secondary N) is 1. The summed E-state index contributed by atoms with van der Waals surface area (Å²) in [5.74, 6) is 0.985. The molecule has 2 bridgehead atoms. The minimum Gasteiger partial charge on any atom is -0.360 e. The Balaban J connectivity index is 1.12. The standard InChI is InChI=1S/C26H32N6O3S/c1-4-5-17-13-27-25(36-17)30-19-12-15(2)28-22(29-19)16-7-10-32(11-8-16)23(33)20-18-6-9-26(35-18)14-31(3)24(34)21(20)26/h6,9,12-13,16,18,20-21H,4-5,7-8,10-11,14H2,1-3H3,(H,27,28,29,30)/t18-,20-,21+,26+/m1/s1. The van der Waals surface area contributed by atoms with Crippen LogP contribution in [0.3, 0.4) is 0 Å². The second-order valence-electron chi connectivity index (χ2n) is 10.5. The largest absolute Gasteiger partial charge is 0.360 e. The van der Waals surface area contributed by atoms with Crippen LogP contribution in [0.1, 0.15) is 48.5 Å². The number of fused-ring (bicyclic) bond motifs is 1. The molecule has 3 fully saturated rings. The lowest BCUT2D eigenvalue weighted by Gasteiger charge is -2.35. The molecule has 4 atom stereocenters. The van der Waals surface area contributed by atoms with Crippen molar-refractivity contribution in [3.05, 3.63) is 40.8 Å². The number of piperidine rings is 1. The number of carbonyl (C=O) groups is 2. The van der Waals surface area contributed by atoms with Crippen LogP contribution < -0.4 is 5.32 Å². The summed E-state index contributed by atoms with van der Waals surface area (Å²) in [6, 6.07) is 1.94. The summed E-state index contributed by atoms with van der Waals surface area (Å²) in [6.45, 7) is 5.93. The van der Waals surface area contributed by atoms with Crippen LogP contribution in [0.15, 0.2) is 24.4 Å². The van der Waals surface area contributed by atoms with Crippen molar-refractivity contribution in [2.24, 2.45) is 11.8 Å². The number of hydrogen-bond acceptors (Lipinski definition) is 8. The van der Waals surface area contributed by atoms with E-state index in [4.69, 9.17) is 14.7 Å². The topological polar surface area (TPSA) is 101 Å². The van der Waals surface area contributed by atoms with Gasteiger partial charge in [0.1, 0.15) is 17.2 Å². The van der Waals surface area contributed by atoms with Crippen LogP contribution in [0.5, 0.6) is 0 Å². The number of amides is 2. The fourth-order valence-electron chi connectivity index (χ4n) is 6.22. The molecule has 6 heterocycles. The van der Waals surface area contributed by atoms with Crippen LogP contribution in [0, 0.1) is 18.8 Å². The summed E-state index contributed by atoms with van der Waals surface area (Å²) < 4.78 is 6.18. The molecule has 0 aliphatic carbocycles. The van der Waals surface area contributed by atoms with Gasteiger partial charge in [0.25, 0.3) is 0 Å². The number of thiazole rings is 1. The van der Waals surface area contributed by atoms with Crippen molar-refractivity contribution < 1.29 is 14.3 Å². The van der Waals surface area contributed by atoms with Gasteiger partial charge in [-0.15, -0.1) is 11.3 Å². The number of carbonyl (C=O) groups excluding carboxylic acids is 2. The Kier molecular flexibility index (Phi) is 5.83. The lowest BCUT2D eigenvalue weighted by atomic mass is 9.76. The number of aryl methyl sites for hydroxylation is 2. The van der Waals surface area contributed by atoms with Crippen molar-refractivity contribution in [1.82, 2.24) is 24.8 Å². The Hall–Kier alpha value is -2.85. The zero-order valence-electron chi connectivity index (χ0n) is 20.9. The van der Waals surface area contributed by atoms with E-state index in [0.717, 1.165) is 48.2 Å². The van der Waals surface area contributed by atoms with Crippen molar-refractivity contribution in [2.45, 2.75) is 57.2 Å². The first kappa shape index (κ1) is 23.5. The third-order valence-corrected chi connectivity index (χ3v) is 8.88. The summed E-state index contributed by atoms with van der Waals surface area (Å²) >= 11 is 1.66. The first-order chi connectivity index (χ1) is 17.4. The number of hydrogen-bond donors (Lipinski definition) is 1. The molecular formula is C26H32N6O3S. The first-order valence-electron chi connectivity index (χ1n) is 12.8. The van der Waals surface area contributed by atoms with Crippen LogP contribution in [-0.4, -0.2) is 75.0 Å². The van der Waals surface area contributed by atoms with Crippen molar-refractivity contribution in [2.75, 3.05) is 32.0 Å². The third kappa shape index (κ3) is 3.91. The molecule has 6 rings (SSSR count). The zero-order valence-corrected chi connectivity index (χ0v) is 21.8. The van der Waals surface area contributed by atoms with E-state index in [0.29, 0.717) is 19.6 Å². The molecular weight excluding hydrogens is 476 g/mol. The van der Waals surface area contributed by atoms with Crippen LogP contribution in [0.25, 0.3) is 0 Å². The van der Waals surface area contributed by atoms with Crippen molar-refractivity contribution >= 4 is 34.1 Å². The van der Waals surface area contributed by atoms with E-state index in [-0.39, 0.29) is 23.8 Å². The smallest absolute Gasteiger partial charge is 0.229 e. The SMILES string of the molecule is CCCc1cnc(Nc2cc(C)nc(C3CCN(C(=O)[C@H]4[C@H]5C(=O)N(C)C[C@@]56C=C[C@H]4O6)CC3)n2)s1. The number of nitrogens with zero attached hydrogens (tertiary/aromatic N) is 5. The minimum absolute atomic E-state index is 0.0188. The zero-order chi connectivity index (χ0) is 25.0. The molecule has 0 unspecified atom stereocenters. The second-order valence-corrected chi connectivity index (χ2v) is 11.6. The van der Waals surface area contributed by atoms with E-state index >= 15 is 0 Å². The number of rotatable bonds is 6. The maximum atomic E-state index is 13.6. The second kappa shape index (κ2) is 8.92. The lowest BCUT2D eigenvalue weighted by molar-refractivity contribution is -0.143. The van der Waals surface area contributed by atoms with Crippen molar-refractivity contribution in [3.8, 4) is 0 Å². The molecule has 36 heavy (non-hydrogen) atoms. The van der Waals surface area contributed by atoms with Gasteiger partial charge in [0, 0.05) is 48.9 Å². The number of anilines is 2. The fourth-order valence-corrected chi connectivity index (χ4v) is 7.14. The molecule has 4 aliphatic heterocycles.